The number of hydrogen-bond acceptors (Lipinski definition) is 3. The molecule has 106 valence electrons. The summed E-state index contributed by atoms with van der Waals surface area (Å²) in [7, 11) is 0. The van der Waals surface area contributed by atoms with E-state index in [0.717, 1.165) is 12.8 Å². The second kappa shape index (κ2) is 4.89. The first-order valence-electron chi connectivity index (χ1n) is 7.14. The van der Waals surface area contributed by atoms with Crippen LogP contribution in [0.2, 0.25) is 0 Å². The number of hydrogen-bond donors (Lipinski definition) is 1. The largest absolute Gasteiger partial charge is 0.326 e. The van der Waals surface area contributed by atoms with E-state index in [4.69, 9.17) is 0 Å². The van der Waals surface area contributed by atoms with Crippen LogP contribution < -0.4 is 5.32 Å². The molecule has 1 amide bonds. The predicted octanol–water partition coefficient (Wildman–Crippen LogP) is 3.28. The van der Waals surface area contributed by atoms with Gasteiger partial charge in [0.05, 0.1) is 4.92 Å². The van der Waals surface area contributed by atoms with Crippen molar-refractivity contribution in [1.82, 2.24) is 0 Å². The van der Waals surface area contributed by atoms with Gasteiger partial charge in [0.25, 0.3) is 5.69 Å². The van der Waals surface area contributed by atoms with Crippen molar-refractivity contribution in [3.8, 4) is 0 Å². The van der Waals surface area contributed by atoms with Crippen LogP contribution in [-0.4, -0.2) is 10.8 Å². The molecule has 0 bridgehead atoms. The monoisotopic (exact) mass is 274 g/mol. The lowest BCUT2D eigenvalue weighted by Gasteiger charge is -2.06. The number of nitrogens with zero attached hydrogens (tertiary/aromatic N) is 1. The molecule has 5 heteroatoms. The molecule has 2 aliphatic carbocycles. The van der Waals surface area contributed by atoms with E-state index in [1.54, 1.807) is 19.1 Å². The topological polar surface area (TPSA) is 72.2 Å². The van der Waals surface area contributed by atoms with Gasteiger partial charge in [-0.15, -0.1) is 0 Å². The van der Waals surface area contributed by atoms with Gasteiger partial charge in [-0.3, -0.25) is 14.9 Å². The lowest BCUT2D eigenvalue weighted by molar-refractivity contribution is -0.385. The highest BCUT2D eigenvalue weighted by atomic mass is 16.6. The first-order valence-corrected chi connectivity index (χ1v) is 7.14. The molecule has 1 N–H and O–H groups in total. The molecule has 0 spiro atoms. The van der Waals surface area contributed by atoms with Crippen LogP contribution in [0.25, 0.3) is 0 Å². The number of nitro groups is 1. The standard InChI is InChI=1S/C15H18N2O3/c1-9-6-7-10(8-13(9)17(19)20)16-15(18)14-11-4-2-3-5-12(11)14/h6-8,11-12,14H,2-5H2,1H3,(H,16,18)/t11-,12+,14?. The molecule has 0 heterocycles. The van der Waals surface area contributed by atoms with Gasteiger partial charge in [-0.1, -0.05) is 18.9 Å². The van der Waals surface area contributed by atoms with E-state index in [1.807, 2.05) is 0 Å². The summed E-state index contributed by atoms with van der Waals surface area (Å²) in [6.45, 7) is 1.69. The summed E-state index contributed by atoms with van der Waals surface area (Å²) in [5, 5.41) is 13.7. The Morgan fingerprint density at radius 3 is 2.55 bits per heavy atom. The normalized spacial score (nSPS) is 27.6. The first-order chi connectivity index (χ1) is 9.58. The molecule has 3 atom stereocenters. The van der Waals surface area contributed by atoms with Crippen molar-refractivity contribution in [2.45, 2.75) is 32.6 Å². The van der Waals surface area contributed by atoms with Crippen LogP contribution in [0.3, 0.4) is 0 Å². The third-order valence-corrected chi connectivity index (χ3v) is 4.63. The lowest BCUT2D eigenvalue weighted by Crippen LogP contribution is -2.15. The number of anilines is 1. The molecule has 2 fully saturated rings. The maximum Gasteiger partial charge on any atom is 0.274 e. The van der Waals surface area contributed by atoms with Crippen LogP contribution in [0, 0.1) is 34.8 Å². The number of carbonyl (C=O) groups is 1. The third kappa shape index (κ3) is 2.28. The molecule has 0 radical (unpaired) electrons. The highest BCUT2D eigenvalue weighted by molar-refractivity contribution is 5.95. The van der Waals surface area contributed by atoms with Crippen LogP contribution >= 0.6 is 0 Å². The molecular weight excluding hydrogens is 256 g/mol. The minimum absolute atomic E-state index is 0.0278. The number of nitro benzene ring substituents is 1. The number of amides is 1. The predicted molar refractivity (Wildman–Crippen MR) is 75.4 cm³/mol. The van der Waals surface area contributed by atoms with Crippen LogP contribution in [0.15, 0.2) is 18.2 Å². The summed E-state index contributed by atoms with van der Waals surface area (Å²) in [5.41, 5.74) is 1.18. The summed E-state index contributed by atoms with van der Waals surface area (Å²) in [5.74, 6) is 1.24. The molecule has 0 saturated heterocycles. The van der Waals surface area contributed by atoms with E-state index in [1.165, 1.54) is 18.9 Å². The zero-order valence-electron chi connectivity index (χ0n) is 11.5. The number of nitrogens with one attached hydrogen (secondary N) is 1. The molecule has 5 nitrogen and oxygen atoms in total. The molecule has 20 heavy (non-hydrogen) atoms. The Hall–Kier alpha value is -1.91. The number of rotatable bonds is 3. The fourth-order valence-electron chi connectivity index (χ4n) is 3.49. The van der Waals surface area contributed by atoms with E-state index in [2.05, 4.69) is 5.32 Å². The van der Waals surface area contributed by atoms with Gasteiger partial charge in [0.2, 0.25) is 5.91 Å². The summed E-state index contributed by atoms with van der Waals surface area (Å²) in [4.78, 5) is 22.7. The molecule has 3 rings (SSSR count). The molecule has 0 aliphatic heterocycles. The lowest BCUT2D eigenvalue weighted by atomic mass is 10.0. The van der Waals surface area contributed by atoms with Gasteiger partial charge < -0.3 is 5.32 Å². The van der Waals surface area contributed by atoms with E-state index in [0.29, 0.717) is 23.1 Å². The van der Waals surface area contributed by atoms with Crippen LogP contribution in [0.1, 0.15) is 31.2 Å². The van der Waals surface area contributed by atoms with Crippen LogP contribution in [0.4, 0.5) is 11.4 Å². The van der Waals surface area contributed by atoms with Crippen molar-refractivity contribution >= 4 is 17.3 Å². The highest BCUT2D eigenvalue weighted by Crippen LogP contribution is 2.55. The van der Waals surface area contributed by atoms with Crippen molar-refractivity contribution < 1.29 is 9.72 Å². The quantitative estimate of drug-likeness (QED) is 0.679. The minimum Gasteiger partial charge on any atom is -0.326 e. The zero-order chi connectivity index (χ0) is 14.3. The Morgan fingerprint density at radius 1 is 1.30 bits per heavy atom. The van der Waals surface area contributed by atoms with E-state index in [-0.39, 0.29) is 17.5 Å². The maximum absolute atomic E-state index is 12.2. The minimum atomic E-state index is -0.415. The average Bonchev–Trinajstić information content (AvgIpc) is 3.15. The Labute approximate surface area is 117 Å². The van der Waals surface area contributed by atoms with Crippen LogP contribution in [-0.2, 0) is 4.79 Å². The average molecular weight is 274 g/mol. The highest BCUT2D eigenvalue weighted by Gasteiger charge is 2.54. The SMILES string of the molecule is Cc1ccc(NC(=O)C2[C@H]3CCCC[C@@H]23)cc1[N+](=O)[O-]. The van der Waals surface area contributed by atoms with Crippen molar-refractivity contribution in [3.63, 3.8) is 0 Å². The van der Waals surface area contributed by atoms with Crippen molar-refractivity contribution in [2.75, 3.05) is 5.32 Å². The number of fused-ring (bicyclic) bond motifs is 1. The van der Waals surface area contributed by atoms with Gasteiger partial charge in [0.1, 0.15) is 0 Å². The molecule has 1 unspecified atom stereocenters. The number of benzene rings is 1. The van der Waals surface area contributed by atoms with E-state index < -0.39 is 4.92 Å². The van der Waals surface area contributed by atoms with Crippen molar-refractivity contribution in [3.05, 3.63) is 33.9 Å². The number of carbonyl (C=O) groups excluding carboxylic acids is 1. The molecule has 1 aromatic rings. The van der Waals surface area contributed by atoms with Gasteiger partial charge >= 0.3 is 0 Å². The van der Waals surface area contributed by atoms with E-state index >= 15 is 0 Å². The van der Waals surface area contributed by atoms with Gasteiger partial charge in [0.15, 0.2) is 0 Å². The fraction of sp³-hybridized carbons (Fsp3) is 0.533. The smallest absolute Gasteiger partial charge is 0.274 e. The zero-order valence-corrected chi connectivity index (χ0v) is 11.5. The Balaban J connectivity index is 1.70. The summed E-state index contributed by atoms with van der Waals surface area (Å²) in [6, 6.07) is 4.85. The molecule has 2 aliphatic rings. The van der Waals surface area contributed by atoms with Gasteiger partial charge in [-0.05, 0) is 37.7 Å². The van der Waals surface area contributed by atoms with Gasteiger partial charge in [-0.25, -0.2) is 0 Å². The molecular formula is C15H18N2O3. The molecule has 0 aromatic heterocycles. The Morgan fingerprint density at radius 2 is 1.95 bits per heavy atom. The van der Waals surface area contributed by atoms with Crippen LogP contribution in [0.5, 0.6) is 0 Å². The first kappa shape index (κ1) is 13.1. The van der Waals surface area contributed by atoms with E-state index in [9.17, 15) is 14.9 Å². The molecule has 1 aromatic carbocycles. The molecule has 2 saturated carbocycles. The van der Waals surface area contributed by atoms with Gasteiger partial charge in [0, 0.05) is 23.2 Å². The summed E-state index contributed by atoms with van der Waals surface area (Å²) < 4.78 is 0. The van der Waals surface area contributed by atoms with Crippen molar-refractivity contribution in [1.29, 1.82) is 0 Å². The number of aryl methyl sites for hydroxylation is 1. The van der Waals surface area contributed by atoms with Crippen molar-refractivity contribution in [2.24, 2.45) is 17.8 Å². The summed E-state index contributed by atoms with van der Waals surface area (Å²) >= 11 is 0. The fourth-order valence-corrected chi connectivity index (χ4v) is 3.49. The second-order valence-corrected chi connectivity index (χ2v) is 5.89. The van der Waals surface area contributed by atoms with Gasteiger partial charge in [-0.2, -0.15) is 0 Å². The second-order valence-electron chi connectivity index (χ2n) is 5.89. The third-order valence-electron chi connectivity index (χ3n) is 4.63. The maximum atomic E-state index is 12.2. The summed E-state index contributed by atoms with van der Waals surface area (Å²) in [6.07, 6.45) is 4.75. The Kier molecular flexibility index (Phi) is 3.20. The Bertz CT molecular complexity index is 558.